The van der Waals surface area contributed by atoms with E-state index in [0.717, 1.165) is 24.3 Å². The van der Waals surface area contributed by atoms with Crippen molar-refractivity contribution in [3.63, 3.8) is 0 Å². The van der Waals surface area contributed by atoms with Crippen molar-refractivity contribution >= 4 is 17.5 Å². The van der Waals surface area contributed by atoms with Crippen molar-refractivity contribution in [2.45, 2.75) is 18.9 Å². The smallest absolute Gasteiger partial charge is 0.250 e. The molecule has 1 unspecified atom stereocenters. The van der Waals surface area contributed by atoms with Gasteiger partial charge >= 0.3 is 0 Å². The van der Waals surface area contributed by atoms with Crippen LogP contribution < -0.4 is 9.64 Å². The lowest BCUT2D eigenvalue weighted by atomic mass is 10.1. The summed E-state index contributed by atoms with van der Waals surface area (Å²) in [6.07, 6.45) is 1.69. The summed E-state index contributed by atoms with van der Waals surface area (Å²) in [5, 5.41) is 0. The molecule has 2 aliphatic rings. The molecule has 1 aromatic carbocycles. The molecule has 1 atom stereocenters. The molecule has 2 heterocycles. The third-order valence-electron chi connectivity index (χ3n) is 3.80. The van der Waals surface area contributed by atoms with Gasteiger partial charge in [-0.1, -0.05) is 0 Å². The van der Waals surface area contributed by atoms with Gasteiger partial charge in [0, 0.05) is 12.2 Å². The minimum Gasteiger partial charge on any atom is -0.497 e. The first-order chi connectivity index (χ1) is 9.20. The number of amides is 2. The Hall–Kier alpha value is -2.04. The van der Waals surface area contributed by atoms with Crippen LogP contribution >= 0.6 is 0 Å². The number of hydrogen-bond acceptors (Lipinski definition) is 3. The Bertz CT molecular complexity index is 512. The standard InChI is InChI=1S/C14H16N2O3/c1-19-11-6-4-10(5-7-11)16-9-13(17)15-8-2-3-12(15)14(16)18/h4-7,12H,2-3,8-9H2,1H3. The Morgan fingerprint density at radius 3 is 2.63 bits per heavy atom. The predicted molar refractivity (Wildman–Crippen MR) is 70.1 cm³/mol. The van der Waals surface area contributed by atoms with Crippen LogP contribution in [0, 0.1) is 0 Å². The number of fused-ring (bicyclic) bond motifs is 1. The average Bonchev–Trinajstić information content (AvgIpc) is 2.93. The van der Waals surface area contributed by atoms with Crippen LogP contribution in [-0.4, -0.2) is 43.0 Å². The second-order valence-electron chi connectivity index (χ2n) is 4.87. The maximum absolute atomic E-state index is 12.4. The predicted octanol–water partition coefficient (Wildman–Crippen LogP) is 1.03. The number of ether oxygens (including phenoxy) is 1. The zero-order valence-electron chi connectivity index (χ0n) is 10.8. The lowest BCUT2D eigenvalue weighted by molar-refractivity contribution is -0.140. The van der Waals surface area contributed by atoms with Crippen LogP contribution in [0.15, 0.2) is 24.3 Å². The van der Waals surface area contributed by atoms with Gasteiger partial charge in [-0.05, 0) is 37.1 Å². The fourth-order valence-corrected chi connectivity index (χ4v) is 2.79. The van der Waals surface area contributed by atoms with Crippen LogP contribution in [0.3, 0.4) is 0 Å². The summed E-state index contributed by atoms with van der Waals surface area (Å²) in [5.74, 6) is 0.808. The number of benzene rings is 1. The van der Waals surface area contributed by atoms with E-state index >= 15 is 0 Å². The van der Waals surface area contributed by atoms with Gasteiger partial charge in [-0.3, -0.25) is 9.59 Å². The molecule has 2 saturated heterocycles. The Morgan fingerprint density at radius 2 is 1.95 bits per heavy atom. The summed E-state index contributed by atoms with van der Waals surface area (Å²) in [6.45, 7) is 0.855. The lowest BCUT2D eigenvalue weighted by Gasteiger charge is -2.36. The maximum Gasteiger partial charge on any atom is 0.250 e. The molecule has 3 rings (SSSR count). The van der Waals surface area contributed by atoms with Gasteiger partial charge in [0.25, 0.3) is 0 Å². The average molecular weight is 260 g/mol. The minimum atomic E-state index is -0.261. The van der Waals surface area contributed by atoms with Gasteiger partial charge in [-0.15, -0.1) is 0 Å². The van der Waals surface area contributed by atoms with E-state index < -0.39 is 0 Å². The van der Waals surface area contributed by atoms with Crippen LogP contribution in [0.4, 0.5) is 5.69 Å². The summed E-state index contributed by atoms with van der Waals surface area (Å²) in [7, 11) is 1.60. The highest BCUT2D eigenvalue weighted by atomic mass is 16.5. The number of nitrogens with zero attached hydrogens (tertiary/aromatic N) is 2. The van der Waals surface area contributed by atoms with E-state index in [0.29, 0.717) is 6.54 Å². The van der Waals surface area contributed by atoms with E-state index in [-0.39, 0.29) is 24.4 Å². The zero-order valence-corrected chi connectivity index (χ0v) is 10.8. The van der Waals surface area contributed by atoms with Crippen LogP contribution in [0.5, 0.6) is 5.75 Å². The SMILES string of the molecule is COc1ccc(N2CC(=O)N3CCCC3C2=O)cc1. The molecule has 1 aromatic rings. The van der Waals surface area contributed by atoms with Crippen molar-refractivity contribution in [2.75, 3.05) is 25.1 Å². The molecule has 0 bridgehead atoms. The monoisotopic (exact) mass is 260 g/mol. The van der Waals surface area contributed by atoms with Crippen LogP contribution in [0.25, 0.3) is 0 Å². The van der Waals surface area contributed by atoms with Crippen LogP contribution in [0.1, 0.15) is 12.8 Å². The molecule has 0 radical (unpaired) electrons. The molecule has 0 aromatic heterocycles. The summed E-state index contributed by atoms with van der Waals surface area (Å²) < 4.78 is 5.10. The number of hydrogen-bond donors (Lipinski definition) is 0. The number of carbonyl (C=O) groups is 2. The van der Waals surface area contributed by atoms with Gasteiger partial charge in [0.2, 0.25) is 11.8 Å². The molecule has 2 aliphatic heterocycles. The normalized spacial score (nSPS) is 22.7. The van der Waals surface area contributed by atoms with Crippen LogP contribution in [-0.2, 0) is 9.59 Å². The van der Waals surface area contributed by atoms with Crippen LogP contribution in [0.2, 0.25) is 0 Å². The van der Waals surface area contributed by atoms with E-state index in [9.17, 15) is 9.59 Å². The second-order valence-corrected chi connectivity index (χ2v) is 4.87. The van der Waals surface area contributed by atoms with Crippen molar-refractivity contribution in [1.82, 2.24) is 4.90 Å². The fraction of sp³-hybridized carbons (Fsp3) is 0.429. The first-order valence-electron chi connectivity index (χ1n) is 6.45. The fourth-order valence-electron chi connectivity index (χ4n) is 2.79. The van der Waals surface area contributed by atoms with Gasteiger partial charge in [0.05, 0.1) is 7.11 Å². The highest BCUT2D eigenvalue weighted by Crippen LogP contribution is 2.28. The van der Waals surface area contributed by atoms with E-state index in [1.54, 1.807) is 29.0 Å². The largest absolute Gasteiger partial charge is 0.497 e. The minimum absolute atomic E-state index is 0.0299. The van der Waals surface area contributed by atoms with Crippen molar-refractivity contribution < 1.29 is 14.3 Å². The number of rotatable bonds is 2. The highest BCUT2D eigenvalue weighted by molar-refractivity contribution is 6.06. The van der Waals surface area contributed by atoms with Gasteiger partial charge in [-0.2, -0.15) is 0 Å². The first-order valence-corrected chi connectivity index (χ1v) is 6.45. The molecule has 5 nitrogen and oxygen atoms in total. The topological polar surface area (TPSA) is 49.9 Å². The number of anilines is 1. The molecule has 2 fully saturated rings. The Kier molecular flexibility index (Phi) is 2.89. The van der Waals surface area contributed by atoms with E-state index in [4.69, 9.17) is 4.74 Å². The molecule has 19 heavy (non-hydrogen) atoms. The van der Waals surface area contributed by atoms with Gasteiger partial charge in [0.1, 0.15) is 18.3 Å². The molecule has 0 spiro atoms. The molecule has 5 heteroatoms. The van der Waals surface area contributed by atoms with Crippen molar-refractivity contribution in [2.24, 2.45) is 0 Å². The molecular weight excluding hydrogens is 244 g/mol. The van der Waals surface area contributed by atoms with Gasteiger partial charge in [-0.25, -0.2) is 0 Å². The number of piperazine rings is 1. The highest BCUT2D eigenvalue weighted by Gasteiger charge is 2.42. The summed E-state index contributed by atoms with van der Waals surface area (Å²) in [4.78, 5) is 27.7. The van der Waals surface area contributed by atoms with Crippen molar-refractivity contribution in [3.8, 4) is 5.75 Å². The first kappa shape index (κ1) is 12.0. The van der Waals surface area contributed by atoms with E-state index in [1.807, 2.05) is 12.1 Å². The quantitative estimate of drug-likeness (QED) is 0.798. The van der Waals surface area contributed by atoms with Crippen molar-refractivity contribution in [3.05, 3.63) is 24.3 Å². The summed E-state index contributed by atoms with van der Waals surface area (Å²) in [6, 6.07) is 6.97. The van der Waals surface area contributed by atoms with Gasteiger partial charge in [0.15, 0.2) is 0 Å². The Morgan fingerprint density at radius 1 is 1.21 bits per heavy atom. The van der Waals surface area contributed by atoms with Crippen molar-refractivity contribution in [1.29, 1.82) is 0 Å². The molecule has 0 N–H and O–H groups in total. The molecule has 100 valence electrons. The molecule has 0 aliphatic carbocycles. The lowest BCUT2D eigenvalue weighted by Crippen LogP contribution is -2.57. The van der Waals surface area contributed by atoms with E-state index in [2.05, 4.69) is 0 Å². The number of carbonyl (C=O) groups excluding carboxylic acids is 2. The van der Waals surface area contributed by atoms with E-state index in [1.165, 1.54) is 0 Å². The third-order valence-corrected chi connectivity index (χ3v) is 3.80. The molecular formula is C14H16N2O3. The molecule has 2 amide bonds. The summed E-state index contributed by atoms with van der Waals surface area (Å²) >= 11 is 0. The second kappa shape index (κ2) is 4.57. The Balaban J connectivity index is 1.87. The number of methoxy groups -OCH3 is 1. The van der Waals surface area contributed by atoms with Gasteiger partial charge < -0.3 is 14.5 Å². The molecule has 0 saturated carbocycles. The third kappa shape index (κ3) is 1.95. The summed E-state index contributed by atoms with van der Waals surface area (Å²) in [5.41, 5.74) is 0.755. The Labute approximate surface area is 111 Å². The maximum atomic E-state index is 12.4. The zero-order chi connectivity index (χ0) is 13.4.